The Morgan fingerprint density at radius 3 is 2.07 bits per heavy atom. The molecule has 3 fully saturated rings. The number of ether oxygens (including phenoxy) is 6. The fourth-order valence-corrected chi connectivity index (χ4v) is 11.2. The normalized spacial score (nSPS) is 31.4. The van der Waals surface area contributed by atoms with Crippen molar-refractivity contribution in [1.82, 2.24) is 5.32 Å². The molecule has 4 aliphatic rings. The van der Waals surface area contributed by atoms with Crippen molar-refractivity contribution in [3.8, 4) is 0 Å². The maximum Gasteiger partial charge on any atom is 0.508 e. The van der Waals surface area contributed by atoms with Crippen LogP contribution in [0, 0.1) is 117 Å². The Labute approximate surface area is 490 Å². The third-order valence-corrected chi connectivity index (χ3v) is 14.6. The molecule has 1 heterocycles. The number of nitrogens with one attached hydrogen (secondary N) is 1. The number of rotatable bonds is 14. The molecule has 1 aliphatic heterocycles. The molecule has 67 heavy (non-hydrogen) atoms. The Morgan fingerprint density at radius 1 is 0.925 bits per heavy atom. The van der Waals surface area contributed by atoms with Gasteiger partial charge in [-0.2, -0.15) is 0 Å². The number of hydrogen-bond donors (Lipinski definition) is 5. The van der Waals surface area contributed by atoms with Crippen LogP contribution in [-0.4, -0.2) is 115 Å². The molecule has 2 saturated carbocycles. The second kappa shape index (κ2) is 23.9. The van der Waals surface area contributed by atoms with Crippen LogP contribution >= 0.6 is 69.6 Å². The van der Waals surface area contributed by atoms with E-state index in [-0.39, 0.29) is 120 Å². The Balaban J connectivity index is 0.00000490. The molecule has 6 rings (SSSR count). The number of carbonyl (C=O) groups is 3. The molecule has 3 aliphatic carbocycles. The van der Waals surface area contributed by atoms with E-state index in [0.29, 0.717) is 16.7 Å². The summed E-state index contributed by atoms with van der Waals surface area (Å²) >= 11 is 35.3. The van der Waals surface area contributed by atoms with E-state index in [1.807, 2.05) is 6.07 Å². The van der Waals surface area contributed by atoms with Crippen LogP contribution in [0.3, 0.4) is 0 Å². The molecule has 2 bridgehead atoms. The van der Waals surface area contributed by atoms with Crippen LogP contribution in [0.2, 0.25) is 0 Å². The number of amides is 1. The van der Waals surface area contributed by atoms with Crippen molar-refractivity contribution < 1.29 is 156 Å². The van der Waals surface area contributed by atoms with Gasteiger partial charge in [0.1, 0.15) is 50.0 Å². The van der Waals surface area contributed by atoms with Crippen molar-refractivity contribution in [2.45, 2.75) is 109 Å². The third kappa shape index (κ3) is 12.8. The average molecular weight is 1490 g/mol. The zero-order valence-corrected chi connectivity index (χ0v) is 51.2. The summed E-state index contributed by atoms with van der Waals surface area (Å²) in [4.78, 5) is 47.4. The number of halogens is 6. The summed E-state index contributed by atoms with van der Waals surface area (Å²) in [6, 6.07) is 16.4. The zero-order valence-electron chi connectivity index (χ0n) is 37.2. The predicted octanol–water partition coefficient (Wildman–Crippen LogP) is 7.96. The van der Waals surface area contributed by atoms with Gasteiger partial charge >= 0.3 is 12.2 Å². The van der Waals surface area contributed by atoms with Crippen LogP contribution < -0.4 is 5.32 Å². The second-order valence-electron chi connectivity index (χ2n) is 17.9. The van der Waals surface area contributed by atoms with E-state index < -0.39 is 122 Å². The van der Waals surface area contributed by atoms with Crippen molar-refractivity contribution in [2.24, 2.45) is 28.6 Å². The first-order chi connectivity index (χ1) is 30.3. The molecule has 2 radical (unpaired) electrons. The van der Waals surface area contributed by atoms with E-state index in [2.05, 4.69) is 5.32 Å². The molecule has 1 amide bonds. The maximum absolute atomic E-state index is 15.3. The van der Waals surface area contributed by atoms with E-state index in [0.717, 1.165) is 0 Å². The van der Waals surface area contributed by atoms with Gasteiger partial charge in [-0.25, -0.2) is 14.5 Å². The summed E-state index contributed by atoms with van der Waals surface area (Å²) in [5, 5.41) is 52.4. The van der Waals surface area contributed by atoms with Gasteiger partial charge in [0, 0.05) is 112 Å². The van der Waals surface area contributed by atoms with Gasteiger partial charge < -0.3 is 49.1 Å². The van der Waals surface area contributed by atoms with Crippen LogP contribution in [0.25, 0.3) is 0 Å². The van der Waals surface area contributed by atoms with Crippen LogP contribution in [0.4, 0.5) is 9.59 Å². The molecular formula is C44H53Ac2Cl6NO14. The first-order valence-electron chi connectivity index (χ1n) is 20.8. The minimum absolute atomic E-state index is 0. The summed E-state index contributed by atoms with van der Waals surface area (Å²) in [5.41, 5.74) is -5.46. The molecule has 23 heteroatoms. The number of Topliss-reactive ketones (excluding diaryl/α,β-unsaturated/α-hetero) is 1. The van der Waals surface area contributed by atoms with Crippen molar-refractivity contribution in [3.63, 3.8) is 0 Å². The fourth-order valence-electron chi connectivity index (χ4n) is 10.8. The van der Waals surface area contributed by atoms with Crippen LogP contribution in [-0.2, 0) is 44.7 Å². The molecule has 10 unspecified atom stereocenters. The predicted molar refractivity (Wildman–Crippen MR) is 240 cm³/mol. The first-order valence-corrected chi connectivity index (χ1v) is 23.1. The molecular weight excluding hydrogens is 1430 g/mol. The molecule has 2 aromatic carbocycles. The fraction of sp³-hybridized carbons (Fsp3) is 0.614. The standard InChI is InChI=1S/C44H53Cl6NO14.2Ac/c1-23-27(33(65-58)34(63-22-59-20-43(45,46)47)31(26-14-10-7-11-15-26)51-37(54)60-18-25-12-8-6-9-13-25)17-42(57)24(2)35-40(5,36(53)32(52)30(23)39(42,3)4)28(16-29-41(35,56)19-61-29)64-38(55)62-21-44(48,49)50;;/h6-15,24,27-29,31-35,52,56-58H,16-22H2,1-5H3,(H,51,54);;/t24?,27?,28?,29?,31?,32?,33-,34?,35?,40-,41?,42?;;/m1../s1. The summed E-state index contributed by atoms with van der Waals surface area (Å²) in [7, 11) is 0. The van der Waals surface area contributed by atoms with Gasteiger partial charge in [-0.1, -0.05) is 157 Å². The smallest absolute Gasteiger partial charge is 0.445 e. The first kappa shape index (κ1) is 60.2. The summed E-state index contributed by atoms with van der Waals surface area (Å²) in [5.74, 6) is -4.25. The van der Waals surface area contributed by atoms with Gasteiger partial charge in [-0.05, 0) is 42.9 Å². The van der Waals surface area contributed by atoms with Gasteiger partial charge in [-0.3, -0.25) is 10.1 Å². The number of fused-ring (bicyclic) bond motifs is 5. The summed E-state index contributed by atoms with van der Waals surface area (Å²) < 4.78 is 30.3. The Kier molecular flexibility index (Phi) is 21.5. The Morgan fingerprint density at radius 2 is 1.52 bits per heavy atom. The van der Waals surface area contributed by atoms with Crippen LogP contribution in [0.15, 0.2) is 71.8 Å². The zero-order chi connectivity index (χ0) is 47.9. The van der Waals surface area contributed by atoms with Gasteiger partial charge in [0.2, 0.25) is 7.59 Å². The minimum Gasteiger partial charge on any atom is -0.445 e. The summed E-state index contributed by atoms with van der Waals surface area (Å²) in [6.45, 7) is 6.08. The van der Waals surface area contributed by atoms with Crippen molar-refractivity contribution in [2.75, 3.05) is 26.6 Å². The number of aliphatic hydroxyl groups is 3. The molecule has 12 atom stereocenters. The van der Waals surface area contributed by atoms with Gasteiger partial charge in [0.25, 0.3) is 0 Å². The third-order valence-electron chi connectivity index (χ3n) is 13.9. The van der Waals surface area contributed by atoms with Gasteiger partial charge in [-0.15, -0.1) is 0 Å². The Hall–Kier alpha value is 0.693. The maximum atomic E-state index is 15.3. The van der Waals surface area contributed by atoms with Gasteiger partial charge in [0.05, 0.1) is 36.4 Å². The van der Waals surface area contributed by atoms with Crippen molar-refractivity contribution in [1.29, 1.82) is 0 Å². The SMILES string of the molecule is CC1=C2C(O)C(=O)[C@]3(C)C(OC(=O)OCC(Cl)(Cl)Cl)CC4OCC4(O)C3C(C)C(O)(CC1[C@@H](OO)C(OCOCC(Cl)(Cl)Cl)C(NC(=O)OCc1ccccc1)c1ccccc1)C2(C)C.[Ac].[Ac]. The number of hydrogen-bond acceptors (Lipinski definition) is 14. The number of aliphatic hydroxyl groups excluding tert-OH is 1. The van der Waals surface area contributed by atoms with Crippen molar-refractivity contribution >= 4 is 87.6 Å². The van der Waals surface area contributed by atoms with E-state index >= 15 is 4.79 Å². The minimum atomic E-state index is -1.99. The average Bonchev–Trinajstić information content (AvgIpc) is 3.24. The van der Waals surface area contributed by atoms with Crippen molar-refractivity contribution in [3.05, 3.63) is 82.9 Å². The topological polar surface area (TPSA) is 209 Å². The molecule has 15 nitrogen and oxygen atoms in total. The van der Waals surface area contributed by atoms with Crippen LogP contribution in [0.5, 0.6) is 0 Å². The summed E-state index contributed by atoms with van der Waals surface area (Å²) in [6.07, 6.45) is -9.86. The number of alkyl halides is 6. The molecule has 366 valence electrons. The molecule has 5 N–H and O–H groups in total. The number of alkyl carbamates (subject to hydrolysis) is 1. The van der Waals surface area contributed by atoms with E-state index in [4.69, 9.17) is 103 Å². The molecule has 0 spiro atoms. The molecule has 2 aromatic rings. The van der Waals surface area contributed by atoms with E-state index in [1.165, 1.54) is 6.92 Å². The van der Waals surface area contributed by atoms with E-state index in [9.17, 15) is 30.2 Å². The Bertz CT molecular complexity index is 2070. The number of benzene rings is 2. The molecule has 0 aromatic heterocycles. The second-order valence-corrected chi connectivity index (χ2v) is 23.0. The monoisotopic (exact) mass is 1480 g/mol. The molecule has 1 saturated heterocycles. The largest absolute Gasteiger partial charge is 0.508 e. The van der Waals surface area contributed by atoms with E-state index in [1.54, 1.807) is 82.3 Å². The van der Waals surface area contributed by atoms with Gasteiger partial charge in [0.15, 0.2) is 5.78 Å². The number of carbonyl (C=O) groups excluding carboxylic acids is 3. The quantitative estimate of drug-likeness (QED) is 0.0231. The number of ketones is 1. The van der Waals surface area contributed by atoms with Crippen LogP contribution in [0.1, 0.15) is 64.6 Å².